The number of rotatable bonds is 6. The van der Waals surface area contributed by atoms with Gasteiger partial charge in [0.1, 0.15) is 5.82 Å². The minimum atomic E-state index is 0.172. The molecule has 2 aromatic heterocycles. The van der Waals surface area contributed by atoms with Crippen molar-refractivity contribution in [1.82, 2.24) is 19.9 Å². The first-order valence-electron chi connectivity index (χ1n) is 9.69. The first kappa shape index (κ1) is 17.3. The van der Waals surface area contributed by atoms with Crippen LogP contribution in [0.4, 0.5) is 5.82 Å². The van der Waals surface area contributed by atoms with E-state index in [-0.39, 0.29) is 17.9 Å². The smallest absolute Gasteiger partial charge is 0.223 e. The van der Waals surface area contributed by atoms with Gasteiger partial charge in [0.15, 0.2) is 5.65 Å². The molecular weight excluding hydrogens is 326 g/mol. The molecule has 2 aliphatic carbocycles. The van der Waals surface area contributed by atoms with Crippen LogP contribution in [0.3, 0.4) is 0 Å². The van der Waals surface area contributed by atoms with Gasteiger partial charge in [0, 0.05) is 42.9 Å². The van der Waals surface area contributed by atoms with E-state index in [2.05, 4.69) is 34.1 Å². The number of aromatic nitrogens is 3. The molecule has 0 aromatic carbocycles. The molecule has 0 aliphatic heterocycles. The average Bonchev–Trinajstić information content (AvgIpc) is 3.51. The third-order valence-electron chi connectivity index (χ3n) is 6.25. The number of nitrogens with zero attached hydrogens (tertiary/aromatic N) is 4. The van der Waals surface area contributed by atoms with Crippen molar-refractivity contribution in [3.05, 3.63) is 23.5 Å². The van der Waals surface area contributed by atoms with Crippen LogP contribution in [-0.4, -0.2) is 40.1 Å². The van der Waals surface area contributed by atoms with Crippen LogP contribution in [0.1, 0.15) is 37.9 Å². The lowest BCUT2D eigenvalue weighted by molar-refractivity contribution is -0.122. The summed E-state index contributed by atoms with van der Waals surface area (Å²) in [4.78, 5) is 19.2. The third-order valence-corrected chi connectivity index (χ3v) is 6.25. The maximum absolute atomic E-state index is 12.4. The van der Waals surface area contributed by atoms with E-state index in [0.717, 1.165) is 41.0 Å². The van der Waals surface area contributed by atoms with Crippen molar-refractivity contribution in [2.75, 3.05) is 18.5 Å². The van der Waals surface area contributed by atoms with E-state index >= 15 is 0 Å². The van der Waals surface area contributed by atoms with Gasteiger partial charge in [0.25, 0.3) is 0 Å². The number of anilines is 1. The topological polar surface area (TPSA) is 62.5 Å². The number of likely N-dealkylation sites (N-methyl/N-ethyl adjacent to an activating group) is 1. The molecule has 6 heteroatoms. The molecule has 2 heterocycles. The predicted molar refractivity (Wildman–Crippen MR) is 102 cm³/mol. The highest BCUT2D eigenvalue weighted by Gasteiger charge is 2.54. The molecule has 26 heavy (non-hydrogen) atoms. The first-order valence-corrected chi connectivity index (χ1v) is 9.69. The van der Waals surface area contributed by atoms with E-state index in [0.29, 0.717) is 12.5 Å². The molecule has 1 N–H and O–H groups in total. The SMILES string of the molecule is Cc1cc(N(C)C(C)CNC(=O)C2CC2C2CC2C)n2ncc(C)c2n1. The predicted octanol–water partition coefficient (Wildman–Crippen LogP) is 2.58. The summed E-state index contributed by atoms with van der Waals surface area (Å²) in [6.07, 6.45) is 4.24. The Kier molecular flexibility index (Phi) is 4.16. The van der Waals surface area contributed by atoms with Crippen LogP contribution < -0.4 is 10.2 Å². The Morgan fingerprint density at radius 2 is 2.12 bits per heavy atom. The summed E-state index contributed by atoms with van der Waals surface area (Å²) in [6, 6.07) is 2.22. The Labute approximate surface area is 155 Å². The molecule has 2 saturated carbocycles. The van der Waals surface area contributed by atoms with Crippen molar-refractivity contribution in [2.45, 2.75) is 46.6 Å². The number of fused-ring (bicyclic) bond motifs is 1. The number of hydrogen-bond acceptors (Lipinski definition) is 4. The summed E-state index contributed by atoms with van der Waals surface area (Å²) >= 11 is 0. The molecule has 2 aromatic rings. The Bertz CT molecular complexity index is 844. The van der Waals surface area contributed by atoms with Crippen LogP contribution in [0.25, 0.3) is 5.65 Å². The number of nitrogens with one attached hydrogen (secondary N) is 1. The molecule has 0 bridgehead atoms. The van der Waals surface area contributed by atoms with Crippen LogP contribution in [0.2, 0.25) is 0 Å². The van der Waals surface area contributed by atoms with Gasteiger partial charge in [-0.1, -0.05) is 6.92 Å². The normalized spacial score (nSPS) is 28.0. The van der Waals surface area contributed by atoms with Gasteiger partial charge in [-0.25, -0.2) is 4.98 Å². The van der Waals surface area contributed by atoms with E-state index in [1.165, 1.54) is 6.42 Å². The van der Waals surface area contributed by atoms with E-state index in [4.69, 9.17) is 0 Å². The minimum Gasteiger partial charge on any atom is -0.355 e. The van der Waals surface area contributed by atoms with E-state index in [9.17, 15) is 4.79 Å². The van der Waals surface area contributed by atoms with Gasteiger partial charge in [0.2, 0.25) is 5.91 Å². The molecule has 4 rings (SSSR count). The molecule has 2 fully saturated rings. The van der Waals surface area contributed by atoms with Crippen LogP contribution in [-0.2, 0) is 4.79 Å². The van der Waals surface area contributed by atoms with Crippen molar-refractivity contribution in [1.29, 1.82) is 0 Å². The van der Waals surface area contributed by atoms with Gasteiger partial charge in [-0.3, -0.25) is 4.79 Å². The fourth-order valence-electron chi connectivity index (χ4n) is 4.10. The van der Waals surface area contributed by atoms with Crippen LogP contribution >= 0.6 is 0 Å². The van der Waals surface area contributed by atoms with Crippen molar-refractivity contribution in [2.24, 2.45) is 23.7 Å². The quantitative estimate of drug-likeness (QED) is 0.865. The summed E-state index contributed by atoms with van der Waals surface area (Å²) < 4.78 is 1.88. The number of hydrogen-bond donors (Lipinski definition) is 1. The Balaban J connectivity index is 1.39. The summed E-state index contributed by atoms with van der Waals surface area (Å²) in [5.41, 5.74) is 2.93. The van der Waals surface area contributed by atoms with E-state index in [1.807, 2.05) is 37.7 Å². The van der Waals surface area contributed by atoms with Gasteiger partial charge in [-0.15, -0.1) is 0 Å². The molecular formula is C20H29N5O. The molecule has 2 aliphatic rings. The van der Waals surface area contributed by atoms with Crippen molar-refractivity contribution in [3.8, 4) is 0 Å². The number of carbonyl (C=O) groups is 1. The van der Waals surface area contributed by atoms with Crippen molar-refractivity contribution in [3.63, 3.8) is 0 Å². The summed E-state index contributed by atoms with van der Waals surface area (Å²) in [6.45, 7) is 9.09. The molecule has 0 spiro atoms. The summed E-state index contributed by atoms with van der Waals surface area (Å²) in [5, 5.41) is 7.63. The van der Waals surface area contributed by atoms with Crippen molar-refractivity contribution < 1.29 is 4.79 Å². The zero-order valence-electron chi connectivity index (χ0n) is 16.4. The van der Waals surface area contributed by atoms with Crippen molar-refractivity contribution >= 4 is 17.4 Å². The molecule has 5 unspecified atom stereocenters. The molecule has 0 radical (unpaired) electrons. The Morgan fingerprint density at radius 1 is 1.38 bits per heavy atom. The average molecular weight is 355 g/mol. The maximum Gasteiger partial charge on any atom is 0.223 e. The lowest BCUT2D eigenvalue weighted by Gasteiger charge is -2.27. The first-order chi connectivity index (χ1) is 12.4. The Morgan fingerprint density at radius 3 is 2.81 bits per heavy atom. The summed E-state index contributed by atoms with van der Waals surface area (Å²) in [5.74, 6) is 3.78. The summed E-state index contributed by atoms with van der Waals surface area (Å²) in [7, 11) is 2.05. The van der Waals surface area contributed by atoms with Gasteiger partial charge in [-0.2, -0.15) is 9.61 Å². The standard InChI is InChI=1S/C20H29N5O/c1-11-6-15(11)16-8-17(16)20(26)21-10-14(4)24(5)18-7-13(3)23-19-12(2)9-22-25(18)19/h7,9,11,14-17H,6,8,10H2,1-5H3,(H,21,26). The fraction of sp³-hybridized carbons (Fsp3) is 0.650. The lowest BCUT2D eigenvalue weighted by atomic mass is 10.2. The second kappa shape index (κ2) is 6.25. The third kappa shape index (κ3) is 3.06. The molecule has 0 saturated heterocycles. The van der Waals surface area contributed by atoms with Crippen LogP contribution in [0, 0.1) is 37.5 Å². The van der Waals surface area contributed by atoms with Gasteiger partial charge < -0.3 is 10.2 Å². The highest BCUT2D eigenvalue weighted by Crippen LogP contribution is 2.57. The molecule has 1 amide bonds. The van der Waals surface area contributed by atoms with E-state index < -0.39 is 0 Å². The second-order valence-electron chi connectivity index (χ2n) is 8.41. The van der Waals surface area contributed by atoms with Gasteiger partial charge in [0.05, 0.1) is 6.20 Å². The number of aryl methyl sites for hydroxylation is 2. The largest absolute Gasteiger partial charge is 0.355 e. The van der Waals surface area contributed by atoms with E-state index in [1.54, 1.807) is 0 Å². The highest BCUT2D eigenvalue weighted by atomic mass is 16.2. The Hall–Kier alpha value is -2.11. The lowest BCUT2D eigenvalue weighted by Crippen LogP contribution is -2.41. The van der Waals surface area contributed by atoms with Gasteiger partial charge in [-0.05, 0) is 51.4 Å². The monoisotopic (exact) mass is 355 g/mol. The fourth-order valence-corrected chi connectivity index (χ4v) is 4.10. The molecule has 6 nitrogen and oxygen atoms in total. The zero-order chi connectivity index (χ0) is 18.6. The highest BCUT2D eigenvalue weighted by molar-refractivity contribution is 5.81. The number of carbonyl (C=O) groups excluding carboxylic acids is 1. The molecule has 140 valence electrons. The number of amides is 1. The maximum atomic E-state index is 12.4. The van der Waals surface area contributed by atoms with Crippen LogP contribution in [0.15, 0.2) is 12.3 Å². The van der Waals surface area contributed by atoms with Crippen LogP contribution in [0.5, 0.6) is 0 Å². The second-order valence-corrected chi connectivity index (χ2v) is 8.41. The minimum absolute atomic E-state index is 0.172. The molecule has 5 atom stereocenters. The van der Waals surface area contributed by atoms with Gasteiger partial charge >= 0.3 is 0 Å². The zero-order valence-corrected chi connectivity index (χ0v) is 16.4.